The van der Waals surface area contributed by atoms with Gasteiger partial charge in [-0.05, 0) is 49.9 Å². The zero-order valence-corrected chi connectivity index (χ0v) is 10.7. The third kappa shape index (κ3) is 1.20. The molecule has 1 aromatic carbocycles. The van der Waals surface area contributed by atoms with Crippen LogP contribution in [0.15, 0.2) is 0 Å². The van der Waals surface area contributed by atoms with Crippen molar-refractivity contribution < 1.29 is 24.4 Å². The summed E-state index contributed by atoms with van der Waals surface area (Å²) < 4.78 is 5.11. The van der Waals surface area contributed by atoms with Crippen molar-refractivity contribution in [3.63, 3.8) is 0 Å². The van der Waals surface area contributed by atoms with E-state index >= 15 is 0 Å². The molecular formula is C13H14O5. The minimum Gasteiger partial charge on any atom is -0.507 e. The van der Waals surface area contributed by atoms with Gasteiger partial charge in [0, 0.05) is 0 Å². The quantitative estimate of drug-likeness (QED) is 0.434. The molecule has 0 radical (unpaired) electrons. The van der Waals surface area contributed by atoms with Crippen LogP contribution in [0, 0.1) is 20.8 Å². The Morgan fingerprint density at radius 1 is 1.11 bits per heavy atom. The SMILES string of the molecule is Cc1c(C)c(O)c2c(c1C)[C@H](C)C1(OO1)OC2=O. The Bertz CT molecular complexity index is 571. The Morgan fingerprint density at radius 3 is 2.28 bits per heavy atom. The van der Waals surface area contributed by atoms with E-state index in [-0.39, 0.29) is 17.2 Å². The highest BCUT2D eigenvalue weighted by atomic mass is 17.5. The molecule has 1 fully saturated rings. The van der Waals surface area contributed by atoms with Crippen LogP contribution in [0.25, 0.3) is 0 Å². The number of hydrogen-bond acceptors (Lipinski definition) is 5. The van der Waals surface area contributed by atoms with E-state index in [4.69, 9.17) is 14.5 Å². The molecule has 0 amide bonds. The molecule has 0 unspecified atom stereocenters. The molecule has 18 heavy (non-hydrogen) atoms. The van der Waals surface area contributed by atoms with Gasteiger partial charge in [-0.15, -0.1) is 0 Å². The van der Waals surface area contributed by atoms with Crippen molar-refractivity contribution in [2.75, 3.05) is 0 Å². The van der Waals surface area contributed by atoms with Gasteiger partial charge in [0.25, 0.3) is 0 Å². The maximum absolute atomic E-state index is 12.0. The van der Waals surface area contributed by atoms with Gasteiger partial charge in [0.15, 0.2) is 0 Å². The highest BCUT2D eigenvalue weighted by Gasteiger charge is 2.63. The molecule has 3 rings (SSSR count). The lowest BCUT2D eigenvalue weighted by Gasteiger charge is -2.28. The molecule has 1 saturated heterocycles. The first-order chi connectivity index (χ1) is 8.39. The van der Waals surface area contributed by atoms with Gasteiger partial charge in [0.2, 0.25) is 0 Å². The van der Waals surface area contributed by atoms with E-state index in [9.17, 15) is 9.90 Å². The molecular weight excluding hydrogens is 236 g/mol. The van der Waals surface area contributed by atoms with Crippen LogP contribution >= 0.6 is 0 Å². The normalized spacial score (nSPS) is 23.8. The zero-order valence-electron chi connectivity index (χ0n) is 10.7. The lowest BCUT2D eigenvalue weighted by Crippen LogP contribution is -2.34. The van der Waals surface area contributed by atoms with Gasteiger partial charge in [-0.1, -0.05) is 0 Å². The summed E-state index contributed by atoms with van der Waals surface area (Å²) in [5.41, 5.74) is 3.59. The average Bonchev–Trinajstić information content (AvgIpc) is 3.09. The molecule has 1 N–H and O–H groups in total. The number of carbonyl (C=O) groups is 1. The van der Waals surface area contributed by atoms with Gasteiger partial charge in [-0.25, -0.2) is 4.79 Å². The lowest BCUT2D eigenvalue weighted by atomic mass is 9.83. The fourth-order valence-corrected chi connectivity index (χ4v) is 2.58. The van der Waals surface area contributed by atoms with Crippen molar-refractivity contribution in [1.82, 2.24) is 0 Å². The Morgan fingerprint density at radius 2 is 1.72 bits per heavy atom. The van der Waals surface area contributed by atoms with E-state index in [1.54, 1.807) is 6.92 Å². The van der Waals surface area contributed by atoms with Crippen LogP contribution in [0.3, 0.4) is 0 Å². The van der Waals surface area contributed by atoms with Gasteiger partial charge in [-0.2, -0.15) is 9.78 Å². The summed E-state index contributed by atoms with van der Waals surface area (Å²) in [5, 5.41) is 10.1. The van der Waals surface area contributed by atoms with E-state index in [0.29, 0.717) is 5.56 Å². The molecule has 0 aromatic heterocycles. The topological polar surface area (TPSA) is 71.6 Å². The van der Waals surface area contributed by atoms with Crippen LogP contribution in [0.2, 0.25) is 0 Å². The zero-order chi connectivity index (χ0) is 13.2. The van der Waals surface area contributed by atoms with Crippen LogP contribution in [0.5, 0.6) is 5.75 Å². The maximum atomic E-state index is 12.0. The fraction of sp³-hybridized carbons (Fsp3) is 0.462. The fourth-order valence-electron chi connectivity index (χ4n) is 2.58. The Labute approximate surface area is 104 Å². The van der Waals surface area contributed by atoms with Gasteiger partial charge in [-0.3, -0.25) is 0 Å². The molecule has 1 atom stereocenters. The van der Waals surface area contributed by atoms with E-state index < -0.39 is 11.9 Å². The number of aromatic hydroxyl groups is 1. The van der Waals surface area contributed by atoms with Crippen molar-refractivity contribution in [1.29, 1.82) is 0 Å². The first-order valence-corrected chi connectivity index (χ1v) is 5.82. The van der Waals surface area contributed by atoms with Crippen molar-refractivity contribution >= 4 is 5.97 Å². The van der Waals surface area contributed by atoms with E-state index in [0.717, 1.165) is 16.7 Å². The minimum absolute atomic E-state index is 0.0135. The largest absolute Gasteiger partial charge is 0.507 e. The number of benzene rings is 1. The third-order valence-electron chi connectivity index (χ3n) is 4.04. The monoisotopic (exact) mass is 250 g/mol. The first kappa shape index (κ1) is 11.5. The summed E-state index contributed by atoms with van der Waals surface area (Å²) in [6, 6.07) is 0. The molecule has 96 valence electrons. The third-order valence-corrected chi connectivity index (χ3v) is 4.04. The Kier molecular flexibility index (Phi) is 2.07. The molecule has 1 aromatic rings. The molecule has 2 aliphatic rings. The summed E-state index contributed by atoms with van der Waals surface area (Å²) >= 11 is 0. The van der Waals surface area contributed by atoms with Gasteiger partial charge in [0.05, 0.1) is 5.92 Å². The van der Waals surface area contributed by atoms with E-state index in [1.807, 2.05) is 20.8 Å². The lowest BCUT2D eigenvalue weighted by molar-refractivity contribution is -0.0449. The first-order valence-electron chi connectivity index (χ1n) is 5.82. The number of fused-ring (bicyclic) bond motifs is 1. The molecule has 0 aliphatic carbocycles. The molecule has 5 heteroatoms. The second kappa shape index (κ2) is 3.24. The predicted octanol–water partition coefficient (Wildman–Crippen LogP) is 2.21. The van der Waals surface area contributed by atoms with Gasteiger partial charge in [0.1, 0.15) is 11.3 Å². The maximum Gasteiger partial charge on any atom is 0.390 e. The van der Waals surface area contributed by atoms with Crippen molar-refractivity contribution in [2.24, 2.45) is 0 Å². The second-order valence-corrected chi connectivity index (χ2v) is 4.89. The number of carbonyl (C=O) groups excluding carboxylic acids is 1. The van der Waals surface area contributed by atoms with E-state index in [2.05, 4.69) is 0 Å². The van der Waals surface area contributed by atoms with Crippen LogP contribution in [0.4, 0.5) is 0 Å². The van der Waals surface area contributed by atoms with Crippen LogP contribution in [-0.4, -0.2) is 17.0 Å². The number of esters is 1. The summed E-state index contributed by atoms with van der Waals surface area (Å²) in [7, 11) is 0. The van der Waals surface area contributed by atoms with Crippen LogP contribution in [0.1, 0.15) is 45.5 Å². The molecule has 0 saturated carbocycles. The average molecular weight is 250 g/mol. The Hall–Kier alpha value is -1.59. The summed E-state index contributed by atoms with van der Waals surface area (Å²) in [6.07, 6.45) is 0. The van der Waals surface area contributed by atoms with Crippen molar-refractivity contribution in [3.05, 3.63) is 27.8 Å². The van der Waals surface area contributed by atoms with Crippen LogP contribution in [-0.2, 0) is 14.5 Å². The smallest absolute Gasteiger partial charge is 0.390 e. The van der Waals surface area contributed by atoms with Crippen molar-refractivity contribution in [2.45, 2.75) is 39.6 Å². The van der Waals surface area contributed by atoms with Crippen LogP contribution < -0.4 is 0 Å². The number of rotatable bonds is 0. The van der Waals surface area contributed by atoms with Gasteiger partial charge >= 0.3 is 11.9 Å². The molecule has 1 spiro atoms. The molecule has 2 aliphatic heterocycles. The highest BCUT2D eigenvalue weighted by Crippen LogP contribution is 2.52. The summed E-state index contributed by atoms with van der Waals surface area (Å²) in [6.45, 7) is 7.47. The van der Waals surface area contributed by atoms with Crippen molar-refractivity contribution in [3.8, 4) is 5.75 Å². The molecule has 5 nitrogen and oxygen atoms in total. The number of phenolic OH excluding ortho intramolecular Hbond substituents is 1. The Balaban J connectivity index is 2.33. The number of hydrogen-bond donors (Lipinski definition) is 1. The molecule has 0 bridgehead atoms. The highest BCUT2D eigenvalue weighted by molar-refractivity contribution is 5.97. The molecule has 2 heterocycles. The van der Waals surface area contributed by atoms with Gasteiger partial charge < -0.3 is 9.84 Å². The predicted molar refractivity (Wildman–Crippen MR) is 61.0 cm³/mol. The summed E-state index contributed by atoms with van der Waals surface area (Å²) in [4.78, 5) is 21.6. The summed E-state index contributed by atoms with van der Waals surface area (Å²) in [5.74, 6) is -2.18. The second-order valence-electron chi connectivity index (χ2n) is 4.89. The minimum atomic E-state index is -1.29. The van der Waals surface area contributed by atoms with E-state index in [1.165, 1.54) is 0 Å². The standard InChI is InChI=1S/C13H14O5/c1-5-6(2)9-8(4)13(17-18-13)16-12(15)10(9)11(14)7(5)3/h8,14H,1-4H3/t8-/m0/s1. The number of ether oxygens (including phenoxy) is 1. The number of phenols is 1.